The second-order valence-electron chi connectivity index (χ2n) is 6.99. The maximum absolute atomic E-state index is 13.5. The zero-order valence-corrected chi connectivity index (χ0v) is 18.1. The van der Waals surface area contributed by atoms with Crippen LogP contribution < -0.4 is 15.2 Å². The van der Waals surface area contributed by atoms with E-state index in [-0.39, 0.29) is 18.0 Å². The quantitative estimate of drug-likeness (QED) is 0.551. The van der Waals surface area contributed by atoms with E-state index in [0.717, 1.165) is 28.2 Å². The smallest absolute Gasteiger partial charge is 0.243 e. The van der Waals surface area contributed by atoms with Gasteiger partial charge in [0, 0.05) is 18.8 Å². The van der Waals surface area contributed by atoms with Crippen LogP contribution in [0.3, 0.4) is 0 Å². The van der Waals surface area contributed by atoms with Gasteiger partial charge in [-0.15, -0.1) is 0 Å². The molecule has 3 aromatic rings. The molecule has 0 unspecified atom stereocenters. The molecular formula is C23H26N2O4S. The number of rotatable bonds is 8. The second kappa shape index (κ2) is 9.19. The molecule has 158 valence electrons. The highest BCUT2D eigenvalue weighted by Gasteiger charge is 2.25. The van der Waals surface area contributed by atoms with Gasteiger partial charge in [-0.05, 0) is 66.1 Å². The summed E-state index contributed by atoms with van der Waals surface area (Å²) in [5.41, 5.74) is 8.89. The van der Waals surface area contributed by atoms with Crippen molar-refractivity contribution in [1.29, 1.82) is 0 Å². The Labute approximate surface area is 177 Å². The molecule has 6 nitrogen and oxygen atoms in total. The molecule has 0 saturated carbocycles. The van der Waals surface area contributed by atoms with Crippen LogP contribution in [0.2, 0.25) is 0 Å². The average Bonchev–Trinajstić information content (AvgIpc) is 2.76. The van der Waals surface area contributed by atoms with Crippen LogP contribution in [-0.4, -0.2) is 26.9 Å². The van der Waals surface area contributed by atoms with Crippen molar-refractivity contribution in [3.63, 3.8) is 0 Å². The number of methoxy groups -OCH3 is 2. The van der Waals surface area contributed by atoms with Crippen LogP contribution >= 0.6 is 0 Å². The molecule has 0 radical (unpaired) electrons. The lowest BCUT2D eigenvalue weighted by atomic mass is 10.2. The lowest BCUT2D eigenvalue weighted by Gasteiger charge is -2.23. The van der Waals surface area contributed by atoms with E-state index in [9.17, 15) is 8.42 Å². The van der Waals surface area contributed by atoms with E-state index in [1.165, 1.54) is 4.31 Å². The highest BCUT2D eigenvalue weighted by Crippen LogP contribution is 2.25. The molecular weight excluding hydrogens is 400 g/mol. The predicted molar refractivity (Wildman–Crippen MR) is 118 cm³/mol. The number of anilines is 1. The predicted octanol–water partition coefficient (Wildman–Crippen LogP) is 3.99. The number of ether oxygens (including phenoxy) is 2. The minimum absolute atomic E-state index is 0.219. The molecule has 0 atom stereocenters. The standard InChI is InChI=1S/C23H26N2O4S/c1-17-14-22(12-13-23(17)24)30(26,27)25(15-18-4-8-20(28-2)9-5-18)16-19-6-10-21(29-3)11-7-19/h4-14H,15-16,24H2,1-3H3. The highest BCUT2D eigenvalue weighted by atomic mass is 32.2. The first-order valence-corrected chi connectivity index (χ1v) is 10.9. The van der Waals surface area contributed by atoms with Gasteiger partial charge in [0.2, 0.25) is 10.0 Å². The van der Waals surface area contributed by atoms with Crippen LogP contribution in [0.5, 0.6) is 11.5 Å². The third kappa shape index (κ3) is 4.93. The molecule has 7 heteroatoms. The maximum atomic E-state index is 13.5. The maximum Gasteiger partial charge on any atom is 0.243 e. The molecule has 0 saturated heterocycles. The average molecular weight is 427 g/mol. The fourth-order valence-electron chi connectivity index (χ4n) is 3.05. The van der Waals surface area contributed by atoms with Gasteiger partial charge in [-0.3, -0.25) is 0 Å². The van der Waals surface area contributed by atoms with Gasteiger partial charge in [-0.2, -0.15) is 4.31 Å². The van der Waals surface area contributed by atoms with Crippen LogP contribution in [0.4, 0.5) is 5.69 Å². The molecule has 0 aliphatic heterocycles. The Hall–Kier alpha value is -3.03. The molecule has 3 rings (SSSR count). The van der Waals surface area contributed by atoms with Crippen molar-refractivity contribution in [3.8, 4) is 11.5 Å². The van der Waals surface area contributed by atoms with Crippen LogP contribution in [0.25, 0.3) is 0 Å². The molecule has 0 aliphatic carbocycles. The van der Waals surface area contributed by atoms with Gasteiger partial charge in [-0.25, -0.2) is 8.42 Å². The van der Waals surface area contributed by atoms with Crippen LogP contribution in [0.1, 0.15) is 16.7 Å². The number of sulfonamides is 1. The third-order valence-corrected chi connectivity index (χ3v) is 6.70. The van der Waals surface area contributed by atoms with E-state index in [1.807, 2.05) is 48.5 Å². The number of hydrogen-bond donors (Lipinski definition) is 1. The van der Waals surface area contributed by atoms with Crippen molar-refractivity contribution in [1.82, 2.24) is 4.31 Å². The first kappa shape index (κ1) is 21.7. The summed E-state index contributed by atoms with van der Waals surface area (Å²) in [4.78, 5) is 0.219. The van der Waals surface area contributed by atoms with E-state index in [1.54, 1.807) is 39.3 Å². The molecule has 0 bridgehead atoms. The highest BCUT2D eigenvalue weighted by molar-refractivity contribution is 7.89. The van der Waals surface area contributed by atoms with Gasteiger partial charge >= 0.3 is 0 Å². The molecule has 0 aliphatic rings. The number of benzene rings is 3. The molecule has 0 amide bonds. The Balaban J connectivity index is 1.96. The fourth-order valence-corrected chi connectivity index (χ4v) is 4.55. The summed E-state index contributed by atoms with van der Waals surface area (Å²) >= 11 is 0. The van der Waals surface area contributed by atoms with E-state index in [4.69, 9.17) is 15.2 Å². The summed E-state index contributed by atoms with van der Waals surface area (Å²) in [6.45, 7) is 2.25. The first-order valence-electron chi connectivity index (χ1n) is 9.45. The van der Waals surface area contributed by atoms with Crippen molar-refractivity contribution >= 4 is 15.7 Å². The summed E-state index contributed by atoms with van der Waals surface area (Å²) in [5.74, 6) is 1.44. The van der Waals surface area contributed by atoms with Crippen molar-refractivity contribution in [2.24, 2.45) is 0 Å². The lowest BCUT2D eigenvalue weighted by Crippen LogP contribution is -2.30. The summed E-state index contributed by atoms with van der Waals surface area (Å²) in [6, 6.07) is 19.5. The monoisotopic (exact) mass is 426 g/mol. The Kier molecular flexibility index (Phi) is 6.64. The van der Waals surface area contributed by atoms with E-state index in [0.29, 0.717) is 5.69 Å². The van der Waals surface area contributed by atoms with Crippen molar-refractivity contribution in [2.75, 3.05) is 20.0 Å². The minimum atomic E-state index is -3.75. The molecule has 0 fully saturated rings. The molecule has 0 spiro atoms. The Morgan fingerprint density at radius 2 is 1.27 bits per heavy atom. The van der Waals surface area contributed by atoms with Gasteiger partial charge in [0.15, 0.2) is 0 Å². The van der Waals surface area contributed by atoms with Gasteiger partial charge in [0.25, 0.3) is 0 Å². The van der Waals surface area contributed by atoms with E-state index >= 15 is 0 Å². The molecule has 0 heterocycles. The normalized spacial score (nSPS) is 11.5. The number of nitrogens with zero attached hydrogens (tertiary/aromatic N) is 1. The van der Waals surface area contributed by atoms with E-state index < -0.39 is 10.0 Å². The second-order valence-corrected chi connectivity index (χ2v) is 8.93. The van der Waals surface area contributed by atoms with Crippen molar-refractivity contribution in [2.45, 2.75) is 24.9 Å². The Morgan fingerprint density at radius 3 is 1.67 bits per heavy atom. The van der Waals surface area contributed by atoms with Gasteiger partial charge in [-0.1, -0.05) is 24.3 Å². The third-order valence-electron chi connectivity index (χ3n) is 4.92. The number of nitrogens with two attached hydrogens (primary N) is 1. The Bertz CT molecular complexity index is 1050. The zero-order valence-electron chi connectivity index (χ0n) is 17.3. The van der Waals surface area contributed by atoms with Gasteiger partial charge in [0.1, 0.15) is 11.5 Å². The van der Waals surface area contributed by atoms with Gasteiger partial charge in [0.05, 0.1) is 19.1 Å². The Morgan fingerprint density at radius 1 is 0.800 bits per heavy atom. The SMILES string of the molecule is COc1ccc(CN(Cc2ccc(OC)cc2)S(=O)(=O)c2ccc(N)c(C)c2)cc1. The fraction of sp³-hybridized carbons (Fsp3) is 0.217. The molecule has 3 aromatic carbocycles. The summed E-state index contributed by atoms with van der Waals surface area (Å²) in [5, 5.41) is 0. The molecule has 2 N–H and O–H groups in total. The minimum Gasteiger partial charge on any atom is -0.497 e. The van der Waals surface area contributed by atoms with Gasteiger partial charge < -0.3 is 15.2 Å². The zero-order chi connectivity index (χ0) is 21.7. The number of nitrogen functional groups attached to an aromatic ring is 1. The van der Waals surface area contributed by atoms with Crippen LogP contribution in [0, 0.1) is 6.92 Å². The largest absolute Gasteiger partial charge is 0.497 e. The lowest BCUT2D eigenvalue weighted by molar-refractivity contribution is 0.397. The summed E-state index contributed by atoms with van der Waals surface area (Å²) in [7, 11) is -0.561. The first-order chi connectivity index (χ1) is 14.3. The van der Waals surface area contributed by atoms with Crippen LogP contribution in [-0.2, 0) is 23.1 Å². The van der Waals surface area contributed by atoms with E-state index in [2.05, 4.69) is 0 Å². The van der Waals surface area contributed by atoms with Crippen molar-refractivity contribution in [3.05, 3.63) is 83.4 Å². The molecule has 0 aromatic heterocycles. The topological polar surface area (TPSA) is 81.9 Å². The number of hydrogen-bond acceptors (Lipinski definition) is 5. The summed E-state index contributed by atoms with van der Waals surface area (Å²) < 4.78 is 38.8. The molecule has 30 heavy (non-hydrogen) atoms. The van der Waals surface area contributed by atoms with Crippen LogP contribution in [0.15, 0.2) is 71.6 Å². The summed E-state index contributed by atoms with van der Waals surface area (Å²) in [6.07, 6.45) is 0. The van der Waals surface area contributed by atoms with Crippen molar-refractivity contribution < 1.29 is 17.9 Å². The number of aryl methyl sites for hydroxylation is 1.